The summed E-state index contributed by atoms with van der Waals surface area (Å²) in [5.41, 5.74) is -5.61. The van der Waals surface area contributed by atoms with E-state index in [1.54, 1.807) is 13.8 Å². The second-order valence-electron chi connectivity index (χ2n) is 19.6. The monoisotopic (exact) mass is 1070 g/mol. The number of fused-ring (bicyclic) bond motifs is 2. The molecule has 0 amide bonds. The minimum atomic E-state index is -1.93. The van der Waals surface area contributed by atoms with Crippen LogP contribution < -0.4 is 20.3 Å². The van der Waals surface area contributed by atoms with E-state index in [1.807, 2.05) is 0 Å². The SMILES string of the molecule is CC(O)(CCc1c(O[C@@H]2O[C@H](CO)[C@@H](O)[C@H](O)[C@H]2O)cc(O)c2c(=O)c(O)c(-c3ccc(O)cc3)oc12)COC(C)(C)CCc1c(OC2OC(CO)C(O)C(O)C2O)cc(O)c2c(=O)c(O)c(-c3ccc(O)cc3)oc12. The van der Waals surface area contributed by atoms with Gasteiger partial charge >= 0.3 is 0 Å². The predicted molar refractivity (Wildman–Crippen MR) is 262 cm³/mol. The second kappa shape index (κ2) is 21.7. The lowest BCUT2D eigenvalue weighted by molar-refractivity contribution is -0.277. The van der Waals surface area contributed by atoms with Gasteiger partial charge in [0.1, 0.15) is 105 Å². The Morgan fingerprint density at radius 1 is 0.539 bits per heavy atom. The van der Waals surface area contributed by atoms with E-state index >= 15 is 0 Å². The van der Waals surface area contributed by atoms with Crippen LogP contribution in [0.1, 0.15) is 44.7 Å². The Morgan fingerprint density at radius 3 is 1.30 bits per heavy atom. The van der Waals surface area contributed by atoms with Gasteiger partial charge in [-0.3, -0.25) is 9.59 Å². The molecule has 6 unspecified atom stereocenters. The van der Waals surface area contributed by atoms with Gasteiger partial charge in [0, 0.05) is 34.4 Å². The fourth-order valence-corrected chi connectivity index (χ4v) is 8.93. The molecule has 0 aliphatic carbocycles. The summed E-state index contributed by atoms with van der Waals surface area (Å²) >= 11 is 0. The van der Waals surface area contributed by atoms with Gasteiger partial charge in [0.2, 0.25) is 34.9 Å². The van der Waals surface area contributed by atoms with E-state index in [0.29, 0.717) is 0 Å². The third-order valence-corrected chi connectivity index (χ3v) is 13.5. The first-order chi connectivity index (χ1) is 35.8. The number of rotatable bonds is 17. The summed E-state index contributed by atoms with van der Waals surface area (Å²) < 4.78 is 41.7. The molecule has 2 aliphatic rings. The van der Waals surface area contributed by atoms with Crippen molar-refractivity contribution in [2.45, 2.75) is 119 Å². The molecule has 410 valence electrons. The summed E-state index contributed by atoms with van der Waals surface area (Å²) in [4.78, 5) is 27.5. The second-order valence-corrected chi connectivity index (χ2v) is 19.6. The minimum absolute atomic E-state index is 0.0124. The van der Waals surface area contributed by atoms with E-state index in [2.05, 4.69) is 0 Å². The molecule has 11 atom stereocenters. The Balaban J connectivity index is 1.11. The first kappa shape index (κ1) is 55.5. The first-order valence-electron chi connectivity index (χ1n) is 23.8. The van der Waals surface area contributed by atoms with E-state index in [-0.39, 0.29) is 87.9 Å². The fraction of sp³-hybridized carbons (Fsp3) is 0.423. The van der Waals surface area contributed by atoms with Crippen molar-refractivity contribution in [2.75, 3.05) is 19.8 Å². The third kappa shape index (κ3) is 10.9. The summed E-state index contributed by atoms with van der Waals surface area (Å²) in [6, 6.07) is 12.4. The van der Waals surface area contributed by atoms with Crippen molar-refractivity contribution in [3.05, 3.63) is 92.2 Å². The van der Waals surface area contributed by atoms with Crippen LogP contribution in [0.4, 0.5) is 0 Å². The van der Waals surface area contributed by atoms with Crippen LogP contribution in [0.3, 0.4) is 0 Å². The Hall–Kier alpha value is -6.78. The summed E-state index contributed by atoms with van der Waals surface area (Å²) in [6.07, 6.45) is -18.2. The van der Waals surface area contributed by atoms with Gasteiger partial charge < -0.3 is 109 Å². The molecule has 15 N–H and O–H groups in total. The standard InChI is InChI=1S/C52H58O24/c1-51(2,14-12-25-29(71-49-43(67)39(63)35(59)31(18-53)73-49)16-27(57)33-37(61)41(65)45(75-47(25)33)21-4-8-23(55)9-5-21)70-20-52(3,69)15-13-26-30(72-50-44(68)40(64)36(60)32(19-54)74-50)17-28(58)34-38(62)42(66)46(76-48(26)34)22-6-10-24(56)11-7-22/h4-11,16-17,31-32,35-36,39-40,43-44,49-50,53-60,63-69H,12-15,18-20H2,1-3H3/t31?,32-,35?,36-,39?,40+,43?,44-,49?,50-,52?/m1/s1. The van der Waals surface area contributed by atoms with Crippen LogP contribution in [-0.4, -0.2) is 169 Å². The normalized spacial score (nSPS) is 24.9. The van der Waals surface area contributed by atoms with Crippen LogP contribution in [0.2, 0.25) is 0 Å². The highest BCUT2D eigenvalue weighted by molar-refractivity contribution is 5.92. The maximum atomic E-state index is 13.8. The Morgan fingerprint density at radius 2 is 0.921 bits per heavy atom. The average molecular weight is 1070 g/mol. The van der Waals surface area contributed by atoms with Gasteiger partial charge in [-0.1, -0.05) is 0 Å². The third-order valence-electron chi connectivity index (χ3n) is 13.5. The molecular weight excluding hydrogens is 1010 g/mol. The smallest absolute Gasteiger partial charge is 0.238 e. The van der Waals surface area contributed by atoms with Gasteiger partial charge in [0.05, 0.1) is 31.0 Å². The highest BCUT2D eigenvalue weighted by Crippen LogP contribution is 2.44. The molecule has 6 aromatic rings. The fourth-order valence-electron chi connectivity index (χ4n) is 8.93. The van der Waals surface area contributed by atoms with Gasteiger partial charge in [-0.15, -0.1) is 0 Å². The first-order valence-corrected chi connectivity index (χ1v) is 23.8. The van der Waals surface area contributed by atoms with Gasteiger partial charge in [-0.2, -0.15) is 0 Å². The molecule has 0 spiro atoms. The number of phenolic OH excluding ortho intramolecular Hbond substituents is 4. The number of aliphatic hydroxyl groups excluding tert-OH is 8. The minimum Gasteiger partial charge on any atom is -0.508 e. The number of phenols is 4. The average Bonchev–Trinajstić information content (AvgIpc) is 3.41. The summed E-state index contributed by atoms with van der Waals surface area (Å²) in [5, 5.41) is 159. The van der Waals surface area contributed by atoms with Crippen molar-refractivity contribution in [3.63, 3.8) is 0 Å². The van der Waals surface area contributed by atoms with Crippen LogP contribution in [0.5, 0.6) is 46.0 Å². The largest absolute Gasteiger partial charge is 0.508 e. The lowest BCUT2D eigenvalue weighted by Gasteiger charge is -2.39. The molecule has 4 aromatic carbocycles. The Bertz CT molecular complexity index is 2970. The number of hydrogen-bond donors (Lipinski definition) is 15. The van der Waals surface area contributed by atoms with Crippen molar-refractivity contribution >= 4 is 21.9 Å². The van der Waals surface area contributed by atoms with E-state index in [0.717, 1.165) is 12.1 Å². The number of aromatic hydroxyl groups is 6. The molecular formula is C52H58O24. The lowest BCUT2D eigenvalue weighted by atomic mass is 9.93. The van der Waals surface area contributed by atoms with Gasteiger partial charge in [0.25, 0.3) is 0 Å². The van der Waals surface area contributed by atoms with E-state index in [9.17, 15) is 86.2 Å². The van der Waals surface area contributed by atoms with Crippen LogP contribution in [-0.2, 0) is 27.1 Å². The molecule has 2 saturated heterocycles. The number of ether oxygens (including phenoxy) is 5. The number of hydrogen-bond acceptors (Lipinski definition) is 24. The molecule has 24 heteroatoms. The maximum absolute atomic E-state index is 13.8. The number of aliphatic hydroxyl groups is 9. The van der Waals surface area contributed by atoms with Crippen molar-refractivity contribution < 1.29 is 109 Å². The van der Waals surface area contributed by atoms with E-state index in [1.165, 1.54) is 55.5 Å². The molecule has 0 radical (unpaired) electrons. The van der Waals surface area contributed by atoms with Crippen LogP contribution >= 0.6 is 0 Å². The zero-order valence-corrected chi connectivity index (χ0v) is 40.9. The number of benzene rings is 4. The summed E-state index contributed by atoms with van der Waals surface area (Å²) in [5.74, 6) is -4.98. The van der Waals surface area contributed by atoms with Crippen LogP contribution in [0, 0.1) is 0 Å². The van der Waals surface area contributed by atoms with Crippen molar-refractivity contribution in [1.29, 1.82) is 0 Å². The quantitative estimate of drug-likeness (QED) is 0.0604. The molecule has 2 aliphatic heterocycles. The molecule has 24 nitrogen and oxygen atoms in total. The van der Waals surface area contributed by atoms with Crippen molar-refractivity contribution in [3.8, 4) is 68.6 Å². The highest BCUT2D eigenvalue weighted by Gasteiger charge is 2.47. The van der Waals surface area contributed by atoms with E-state index < -0.39 is 143 Å². The Kier molecular flexibility index (Phi) is 15.8. The zero-order valence-electron chi connectivity index (χ0n) is 40.9. The van der Waals surface area contributed by atoms with Crippen molar-refractivity contribution in [1.82, 2.24) is 0 Å². The summed E-state index contributed by atoms with van der Waals surface area (Å²) in [7, 11) is 0. The van der Waals surface area contributed by atoms with Crippen LogP contribution in [0.15, 0.2) is 79.1 Å². The molecule has 2 aromatic heterocycles. The van der Waals surface area contributed by atoms with Gasteiger partial charge in [0.15, 0.2) is 11.5 Å². The maximum Gasteiger partial charge on any atom is 0.238 e. The van der Waals surface area contributed by atoms with Gasteiger partial charge in [-0.05, 0) is 95.0 Å². The van der Waals surface area contributed by atoms with Crippen LogP contribution in [0.25, 0.3) is 44.6 Å². The predicted octanol–water partition coefficient (Wildman–Crippen LogP) is 0.936. The summed E-state index contributed by atoms with van der Waals surface area (Å²) in [6.45, 7) is 2.64. The molecule has 0 saturated carbocycles. The Labute approximate surface area is 429 Å². The van der Waals surface area contributed by atoms with Crippen molar-refractivity contribution in [2.24, 2.45) is 0 Å². The van der Waals surface area contributed by atoms with E-state index in [4.69, 9.17) is 32.5 Å². The topological polar surface area (TPSA) is 410 Å². The highest BCUT2D eigenvalue weighted by atomic mass is 16.7. The molecule has 4 heterocycles. The molecule has 2 fully saturated rings. The number of aryl methyl sites for hydroxylation is 2. The zero-order chi connectivity index (χ0) is 55.3. The van der Waals surface area contributed by atoms with Gasteiger partial charge in [-0.25, -0.2) is 0 Å². The lowest BCUT2D eigenvalue weighted by Crippen LogP contribution is -2.60. The molecule has 76 heavy (non-hydrogen) atoms. The molecule has 0 bridgehead atoms. The molecule has 8 rings (SSSR count).